The third-order valence-electron chi connectivity index (χ3n) is 5.82. The molecule has 2 heterocycles. The van der Waals surface area contributed by atoms with Gasteiger partial charge in [0.15, 0.2) is 0 Å². The molecule has 2 amide bonds. The summed E-state index contributed by atoms with van der Waals surface area (Å²) in [5.74, 6) is 0.964. The number of nitrogens with zero attached hydrogens (tertiary/aromatic N) is 2. The van der Waals surface area contributed by atoms with Crippen LogP contribution in [0.25, 0.3) is 0 Å². The van der Waals surface area contributed by atoms with E-state index in [1.54, 1.807) is 0 Å². The van der Waals surface area contributed by atoms with Gasteiger partial charge >= 0.3 is 12.2 Å². The van der Waals surface area contributed by atoms with Gasteiger partial charge in [-0.15, -0.1) is 0 Å². The van der Waals surface area contributed by atoms with Crippen LogP contribution >= 0.6 is 0 Å². The van der Waals surface area contributed by atoms with E-state index in [0.717, 1.165) is 44.9 Å². The third-order valence-corrected chi connectivity index (χ3v) is 5.82. The van der Waals surface area contributed by atoms with Crippen LogP contribution in [-0.4, -0.2) is 42.0 Å². The highest BCUT2D eigenvalue weighted by Gasteiger charge is 2.41. The first-order chi connectivity index (χ1) is 13.9. The molecule has 2 aliphatic heterocycles. The molecule has 2 atom stereocenters. The molecule has 0 aromatic heterocycles. The number of benzene rings is 2. The zero-order chi connectivity index (χ0) is 20.4. The van der Waals surface area contributed by atoms with Crippen molar-refractivity contribution in [3.8, 4) is 0 Å². The molecule has 4 nitrogen and oxygen atoms in total. The number of halogens is 3. The average molecular weight is 403 g/mol. The van der Waals surface area contributed by atoms with E-state index >= 15 is 0 Å². The van der Waals surface area contributed by atoms with E-state index in [0.29, 0.717) is 17.4 Å². The SMILES string of the molecule is O=C(NCc1ccc(C(F)(F)F)cc1)N1C[C@H]2CN(Cc3ccccc3)C[C@H]2C1. The van der Waals surface area contributed by atoms with Gasteiger partial charge in [0, 0.05) is 39.3 Å². The van der Waals surface area contributed by atoms with Crippen molar-refractivity contribution in [3.05, 3.63) is 71.3 Å². The molecular formula is C22H24F3N3O. The van der Waals surface area contributed by atoms with Crippen molar-refractivity contribution >= 4 is 6.03 Å². The number of rotatable bonds is 4. The normalized spacial score (nSPS) is 22.0. The minimum absolute atomic E-state index is 0.145. The number of hydrogen-bond donors (Lipinski definition) is 1. The number of hydrogen-bond acceptors (Lipinski definition) is 2. The molecule has 2 saturated heterocycles. The highest BCUT2D eigenvalue weighted by Crippen LogP contribution is 2.32. The molecule has 2 aromatic rings. The molecule has 0 spiro atoms. The van der Waals surface area contributed by atoms with Gasteiger partial charge in [0.2, 0.25) is 0 Å². The van der Waals surface area contributed by atoms with Gasteiger partial charge in [-0.1, -0.05) is 42.5 Å². The Morgan fingerprint density at radius 1 is 0.897 bits per heavy atom. The van der Waals surface area contributed by atoms with Crippen molar-refractivity contribution in [2.75, 3.05) is 26.2 Å². The summed E-state index contributed by atoms with van der Waals surface area (Å²) in [6.07, 6.45) is -4.34. The van der Waals surface area contributed by atoms with Gasteiger partial charge in [0.05, 0.1) is 5.56 Å². The van der Waals surface area contributed by atoms with E-state index in [-0.39, 0.29) is 12.6 Å². The first-order valence-corrected chi connectivity index (χ1v) is 9.83. The molecule has 1 N–H and O–H groups in total. The fraction of sp³-hybridized carbons (Fsp3) is 0.409. The van der Waals surface area contributed by atoms with Crippen LogP contribution in [0.2, 0.25) is 0 Å². The molecule has 0 saturated carbocycles. The van der Waals surface area contributed by atoms with Crippen LogP contribution in [0.1, 0.15) is 16.7 Å². The fourth-order valence-electron chi connectivity index (χ4n) is 4.33. The Kier molecular flexibility index (Phi) is 5.50. The second-order valence-corrected chi connectivity index (χ2v) is 7.96. The third kappa shape index (κ3) is 4.72. The lowest BCUT2D eigenvalue weighted by Gasteiger charge is -2.22. The Balaban J connectivity index is 1.24. The molecule has 154 valence electrons. The van der Waals surface area contributed by atoms with Crippen molar-refractivity contribution in [2.45, 2.75) is 19.3 Å². The van der Waals surface area contributed by atoms with Gasteiger partial charge in [-0.2, -0.15) is 13.2 Å². The summed E-state index contributed by atoms with van der Waals surface area (Å²) < 4.78 is 37.9. The van der Waals surface area contributed by atoms with Gasteiger partial charge in [-0.3, -0.25) is 4.90 Å². The fourth-order valence-corrected chi connectivity index (χ4v) is 4.33. The lowest BCUT2D eigenvalue weighted by atomic mass is 10.0. The largest absolute Gasteiger partial charge is 0.416 e. The molecule has 0 aliphatic carbocycles. The second-order valence-electron chi connectivity index (χ2n) is 7.96. The Morgan fingerprint density at radius 2 is 1.52 bits per heavy atom. The van der Waals surface area contributed by atoms with E-state index in [9.17, 15) is 18.0 Å². The van der Waals surface area contributed by atoms with Crippen LogP contribution < -0.4 is 5.32 Å². The van der Waals surface area contributed by atoms with E-state index in [2.05, 4.69) is 34.5 Å². The van der Waals surface area contributed by atoms with Crippen molar-refractivity contribution in [3.63, 3.8) is 0 Å². The Morgan fingerprint density at radius 3 is 2.10 bits per heavy atom. The smallest absolute Gasteiger partial charge is 0.334 e. The standard InChI is InChI=1S/C22H24F3N3O/c23-22(24,25)20-8-6-16(7-9-20)10-26-21(29)28-14-18-12-27(13-19(18)15-28)11-17-4-2-1-3-5-17/h1-9,18-19H,10-15H2,(H,26,29)/t18-,19+. The average Bonchev–Trinajstić information content (AvgIpc) is 3.25. The minimum atomic E-state index is -4.34. The van der Waals surface area contributed by atoms with Gasteiger partial charge in [-0.25, -0.2) is 4.79 Å². The molecule has 4 rings (SSSR count). The second kappa shape index (κ2) is 8.06. The minimum Gasteiger partial charge on any atom is -0.334 e. The number of carbonyl (C=O) groups is 1. The van der Waals surface area contributed by atoms with Crippen LogP contribution in [0.3, 0.4) is 0 Å². The van der Waals surface area contributed by atoms with Crippen LogP contribution in [-0.2, 0) is 19.3 Å². The molecule has 0 radical (unpaired) electrons. The van der Waals surface area contributed by atoms with Crippen LogP contribution in [0.5, 0.6) is 0 Å². The number of carbonyl (C=O) groups excluding carboxylic acids is 1. The molecule has 29 heavy (non-hydrogen) atoms. The quantitative estimate of drug-likeness (QED) is 0.838. The summed E-state index contributed by atoms with van der Waals surface area (Å²) >= 11 is 0. The predicted octanol–water partition coefficient (Wildman–Crippen LogP) is 3.98. The maximum Gasteiger partial charge on any atom is 0.416 e. The molecule has 7 heteroatoms. The summed E-state index contributed by atoms with van der Waals surface area (Å²) in [5.41, 5.74) is 1.28. The number of nitrogens with one attached hydrogen (secondary N) is 1. The molecular weight excluding hydrogens is 379 g/mol. The number of likely N-dealkylation sites (tertiary alicyclic amines) is 2. The Labute approximate surface area is 168 Å². The molecule has 2 aliphatic rings. The topological polar surface area (TPSA) is 35.6 Å². The van der Waals surface area contributed by atoms with E-state index in [1.807, 2.05) is 11.0 Å². The van der Waals surface area contributed by atoms with E-state index < -0.39 is 11.7 Å². The maximum atomic E-state index is 12.6. The lowest BCUT2D eigenvalue weighted by Crippen LogP contribution is -2.40. The van der Waals surface area contributed by atoms with Gasteiger partial charge in [0.1, 0.15) is 0 Å². The zero-order valence-corrected chi connectivity index (χ0v) is 16.0. The van der Waals surface area contributed by atoms with Crippen molar-refractivity contribution in [1.29, 1.82) is 0 Å². The zero-order valence-electron chi connectivity index (χ0n) is 16.0. The Bertz CT molecular complexity index is 825. The molecule has 0 bridgehead atoms. The summed E-state index contributed by atoms with van der Waals surface area (Å²) in [4.78, 5) is 16.7. The van der Waals surface area contributed by atoms with Gasteiger partial charge < -0.3 is 10.2 Å². The first kappa shape index (κ1) is 19.8. The first-order valence-electron chi connectivity index (χ1n) is 9.83. The Hall–Kier alpha value is -2.54. The summed E-state index contributed by atoms with van der Waals surface area (Å²) in [7, 11) is 0. The number of alkyl halides is 3. The van der Waals surface area contributed by atoms with Crippen LogP contribution in [0.4, 0.5) is 18.0 Å². The summed E-state index contributed by atoms with van der Waals surface area (Å²) in [6, 6.07) is 15.1. The van der Waals surface area contributed by atoms with Gasteiger partial charge in [0.25, 0.3) is 0 Å². The molecule has 0 unspecified atom stereocenters. The monoisotopic (exact) mass is 403 g/mol. The number of amides is 2. The maximum absolute atomic E-state index is 12.6. The molecule has 2 fully saturated rings. The highest BCUT2D eigenvalue weighted by atomic mass is 19.4. The van der Waals surface area contributed by atoms with E-state index in [4.69, 9.17) is 0 Å². The summed E-state index contributed by atoms with van der Waals surface area (Å²) in [5, 5.41) is 2.83. The molecule has 2 aromatic carbocycles. The highest BCUT2D eigenvalue weighted by molar-refractivity contribution is 5.74. The lowest BCUT2D eigenvalue weighted by molar-refractivity contribution is -0.137. The van der Waals surface area contributed by atoms with Gasteiger partial charge in [-0.05, 0) is 35.1 Å². The van der Waals surface area contributed by atoms with Crippen molar-refractivity contribution in [2.24, 2.45) is 11.8 Å². The van der Waals surface area contributed by atoms with E-state index in [1.165, 1.54) is 17.7 Å². The van der Waals surface area contributed by atoms with Crippen LogP contribution in [0.15, 0.2) is 54.6 Å². The summed E-state index contributed by atoms with van der Waals surface area (Å²) in [6.45, 7) is 4.60. The van der Waals surface area contributed by atoms with Crippen molar-refractivity contribution in [1.82, 2.24) is 15.1 Å². The van der Waals surface area contributed by atoms with Crippen LogP contribution in [0, 0.1) is 11.8 Å². The van der Waals surface area contributed by atoms with Crippen molar-refractivity contribution < 1.29 is 18.0 Å². The number of urea groups is 1. The predicted molar refractivity (Wildman–Crippen MR) is 104 cm³/mol. The number of fused-ring (bicyclic) bond motifs is 1.